The van der Waals surface area contributed by atoms with Crippen molar-refractivity contribution in [2.24, 2.45) is 0 Å². The SMILES string of the molecule is CCCCCCC(O)C(O)(CC)C(=O)OC(=O)C(O)(CC)C(O)CCCCCC. The lowest BCUT2D eigenvalue weighted by Crippen LogP contribution is -2.55. The fourth-order valence-corrected chi connectivity index (χ4v) is 3.30. The predicted octanol–water partition coefficient (Wildman–Crippen LogP) is 3.00. The third kappa shape index (κ3) is 8.32. The normalized spacial score (nSPS) is 17.8. The number of rotatable bonds is 16. The van der Waals surface area contributed by atoms with Crippen LogP contribution in [0.5, 0.6) is 0 Å². The van der Waals surface area contributed by atoms with Crippen LogP contribution in [-0.4, -0.2) is 55.8 Å². The van der Waals surface area contributed by atoms with Gasteiger partial charge in [0.25, 0.3) is 0 Å². The summed E-state index contributed by atoms with van der Waals surface area (Å²) >= 11 is 0. The van der Waals surface area contributed by atoms with Gasteiger partial charge in [0.2, 0.25) is 0 Å². The van der Waals surface area contributed by atoms with Crippen LogP contribution >= 0.6 is 0 Å². The quantitative estimate of drug-likeness (QED) is 0.172. The van der Waals surface area contributed by atoms with Crippen molar-refractivity contribution in [3.05, 3.63) is 0 Å². The van der Waals surface area contributed by atoms with Crippen LogP contribution in [0, 0.1) is 0 Å². The molecule has 0 spiro atoms. The monoisotopic (exact) mass is 418 g/mol. The molecule has 4 N–H and O–H groups in total. The van der Waals surface area contributed by atoms with E-state index in [4.69, 9.17) is 4.74 Å². The van der Waals surface area contributed by atoms with E-state index < -0.39 is 35.3 Å². The van der Waals surface area contributed by atoms with Gasteiger partial charge in [0.15, 0.2) is 11.2 Å². The van der Waals surface area contributed by atoms with Crippen LogP contribution in [0.1, 0.15) is 105 Å². The van der Waals surface area contributed by atoms with Crippen LogP contribution in [0.4, 0.5) is 0 Å². The zero-order valence-electron chi connectivity index (χ0n) is 18.7. The molecule has 0 aromatic rings. The molecule has 0 bridgehead atoms. The van der Waals surface area contributed by atoms with E-state index in [1.165, 1.54) is 13.8 Å². The number of carbonyl (C=O) groups is 2. The second-order valence-corrected chi connectivity index (χ2v) is 7.96. The summed E-state index contributed by atoms with van der Waals surface area (Å²) in [5, 5.41) is 41.9. The number of hydrogen-bond acceptors (Lipinski definition) is 7. The van der Waals surface area contributed by atoms with E-state index in [0.717, 1.165) is 38.5 Å². The molecule has 0 amide bonds. The largest absolute Gasteiger partial charge is 0.389 e. The number of hydrogen-bond donors (Lipinski definition) is 4. The first-order chi connectivity index (χ1) is 13.6. The van der Waals surface area contributed by atoms with Crippen molar-refractivity contribution in [3.8, 4) is 0 Å². The van der Waals surface area contributed by atoms with E-state index in [1.54, 1.807) is 0 Å². The summed E-state index contributed by atoms with van der Waals surface area (Å²) in [6, 6.07) is 0. The zero-order chi connectivity index (χ0) is 22.5. The summed E-state index contributed by atoms with van der Waals surface area (Å²) in [6.07, 6.45) is 4.36. The number of ether oxygens (including phenoxy) is 1. The second kappa shape index (κ2) is 14.1. The molecule has 7 nitrogen and oxygen atoms in total. The fourth-order valence-electron chi connectivity index (χ4n) is 3.30. The average molecular weight is 419 g/mol. The lowest BCUT2D eigenvalue weighted by Gasteiger charge is -2.33. The van der Waals surface area contributed by atoms with Gasteiger partial charge < -0.3 is 25.2 Å². The maximum atomic E-state index is 12.5. The number of aliphatic hydroxyl groups excluding tert-OH is 2. The first-order valence-corrected chi connectivity index (χ1v) is 11.2. The maximum Gasteiger partial charge on any atom is 0.348 e. The Balaban J connectivity index is 5.02. The molecule has 0 saturated carbocycles. The lowest BCUT2D eigenvalue weighted by atomic mass is 9.88. The minimum Gasteiger partial charge on any atom is -0.389 e. The molecule has 0 aliphatic rings. The Labute approximate surface area is 175 Å². The summed E-state index contributed by atoms with van der Waals surface area (Å²) in [4.78, 5) is 25.0. The third-order valence-corrected chi connectivity index (χ3v) is 5.74. The van der Waals surface area contributed by atoms with Gasteiger partial charge in [-0.15, -0.1) is 0 Å². The summed E-state index contributed by atoms with van der Waals surface area (Å²) < 4.78 is 4.76. The molecule has 29 heavy (non-hydrogen) atoms. The molecule has 0 heterocycles. The van der Waals surface area contributed by atoms with Gasteiger partial charge in [-0.2, -0.15) is 0 Å². The third-order valence-electron chi connectivity index (χ3n) is 5.74. The molecular weight excluding hydrogens is 376 g/mol. The number of esters is 2. The summed E-state index contributed by atoms with van der Waals surface area (Å²) in [7, 11) is 0. The number of unbranched alkanes of at least 4 members (excludes halogenated alkanes) is 6. The molecule has 0 aromatic heterocycles. The fraction of sp³-hybridized carbons (Fsp3) is 0.909. The van der Waals surface area contributed by atoms with Crippen molar-refractivity contribution in [1.82, 2.24) is 0 Å². The summed E-state index contributed by atoms with van der Waals surface area (Å²) in [6.45, 7) is 7.12. The molecule has 0 radical (unpaired) electrons. The molecule has 0 saturated heterocycles. The zero-order valence-corrected chi connectivity index (χ0v) is 18.7. The van der Waals surface area contributed by atoms with Crippen LogP contribution in [0.2, 0.25) is 0 Å². The van der Waals surface area contributed by atoms with E-state index in [0.29, 0.717) is 12.8 Å². The van der Waals surface area contributed by atoms with Crippen LogP contribution < -0.4 is 0 Å². The summed E-state index contributed by atoms with van der Waals surface area (Å²) in [5.74, 6) is -2.59. The average Bonchev–Trinajstić information content (AvgIpc) is 2.72. The van der Waals surface area contributed by atoms with Gasteiger partial charge in [0, 0.05) is 0 Å². The van der Waals surface area contributed by atoms with E-state index in [9.17, 15) is 30.0 Å². The molecule has 0 rings (SSSR count). The molecule has 0 aliphatic heterocycles. The Kier molecular flexibility index (Phi) is 13.6. The van der Waals surface area contributed by atoms with Crippen molar-refractivity contribution >= 4 is 11.9 Å². The van der Waals surface area contributed by atoms with Crippen LogP contribution in [0.15, 0.2) is 0 Å². The highest BCUT2D eigenvalue weighted by atomic mass is 16.6. The van der Waals surface area contributed by atoms with Crippen molar-refractivity contribution in [2.75, 3.05) is 0 Å². The second-order valence-electron chi connectivity index (χ2n) is 7.96. The lowest BCUT2D eigenvalue weighted by molar-refractivity contribution is -0.199. The summed E-state index contributed by atoms with van der Waals surface area (Å²) in [5.41, 5.74) is -4.47. The van der Waals surface area contributed by atoms with E-state index in [2.05, 4.69) is 13.8 Å². The minimum atomic E-state index is -2.23. The Hall–Kier alpha value is -1.02. The first-order valence-electron chi connectivity index (χ1n) is 11.2. The van der Waals surface area contributed by atoms with Crippen LogP contribution in [0.3, 0.4) is 0 Å². The molecule has 0 fully saturated rings. The van der Waals surface area contributed by atoms with Gasteiger partial charge in [-0.1, -0.05) is 79.1 Å². The Bertz CT molecular complexity index is 440. The maximum absolute atomic E-state index is 12.5. The molecule has 7 heteroatoms. The van der Waals surface area contributed by atoms with Crippen molar-refractivity contribution in [1.29, 1.82) is 0 Å². The topological polar surface area (TPSA) is 124 Å². The van der Waals surface area contributed by atoms with E-state index in [-0.39, 0.29) is 25.7 Å². The highest BCUT2D eigenvalue weighted by molar-refractivity contribution is 5.94. The molecule has 0 aromatic carbocycles. The Morgan fingerprint density at radius 2 is 1.03 bits per heavy atom. The van der Waals surface area contributed by atoms with Crippen molar-refractivity contribution in [2.45, 2.75) is 128 Å². The Morgan fingerprint density at radius 1 is 0.690 bits per heavy atom. The van der Waals surface area contributed by atoms with E-state index >= 15 is 0 Å². The van der Waals surface area contributed by atoms with Gasteiger partial charge >= 0.3 is 11.9 Å². The van der Waals surface area contributed by atoms with E-state index in [1.807, 2.05) is 0 Å². The van der Waals surface area contributed by atoms with Crippen LogP contribution in [0.25, 0.3) is 0 Å². The van der Waals surface area contributed by atoms with Gasteiger partial charge in [-0.05, 0) is 25.7 Å². The van der Waals surface area contributed by atoms with Gasteiger partial charge in [-0.25, -0.2) is 9.59 Å². The predicted molar refractivity (Wildman–Crippen MR) is 111 cm³/mol. The van der Waals surface area contributed by atoms with Crippen LogP contribution in [-0.2, 0) is 14.3 Å². The molecule has 4 unspecified atom stereocenters. The Morgan fingerprint density at radius 3 is 1.31 bits per heavy atom. The number of carbonyl (C=O) groups excluding carboxylic acids is 2. The number of aliphatic hydroxyl groups is 4. The first kappa shape index (κ1) is 28.0. The van der Waals surface area contributed by atoms with Gasteiger partial charge in [-0.3, -0.25) is 0 Å². The highest BCUT2D eigenvalue weighted by Gasteiger charge is 2.49. The standard InChI is InChI=1S/C22H42O7/c1-5-9-11-13-15-17(23)21(27,7-3)19(25)29-20(26)22(28,8-4)18(24)16-14-12-10-6-2/h17-18,23-24,27-28H,5-16H2,1-4H3. The van der Waals surface area contributed by atoms with Gasteiger partial charge in [0.1, 0.15) is 0 Å². The molecular formula is C22H42O7. The molecule has 0 aliphatic carbocycles. The molecule has 4 atom stereocenters. The smallest absolute Gasteiger partial charge is 0.348 e. The molecule has 172 valence electrons. The van der Waals surface area contributed by atoms with Crippen molar-refractivity contribution < 1.29 is 34.8 Å². The highest BCUT2D eigenvalue weighted by Crippen LogP contribution is 2.26. The van der Waals surface area contributed by atoms with Crippen molar-refractivity contribution in [3.63, 3.8) is 0 Å². The minimum absolute atomic E-state index is 0.141. The van der Waals surface area contributed by atoms with Gasteiger partial charge in [0.05, 0.1) is 12.2 Å².